The summed E-state index contributed by atoms with van der Waals surface area (Å²) in [6.45, 7) is 1.94. The molecule has 0 aliphatic carbocycles. The molecule has 0 radical (unpaired) electrons. The van der Waals surface area contributed by atoms with Crippen molar-refractivity contribution in [2.75, 3.05) is 18.1 Å². The summed E-state index contributed by atoms with van der Waals surface area (Å²) in [5.41, 5.74) is 1.19. The van der Waals surface area contributed by atoms with Gasteiger partial charge in [-0.05, 0) is 35.3 Å². The normalized spacial score (nSPS) is 17.2. The third kappa shape index (κ3) is 7.76. The van der Waals surface area contributed by atoms with Crippen LogP contribution in [0.3, 0.4) is 0 Å². The van der Waals surface area contributed by atoms with Crippen molar-refractivity contribution in [2.24, 2.45) is 0 Å². The monoisotopic (exact) mass is 685 g/mol. The van der Waals surface area contributed by atoms with Gasteiger partial charge in [0.05, 0.1) is 13.0 Å². The number of aromatic nitrogens is 4. The number of alkyl carbamates (subject to hydrolysis) is 1. The Labute approximate surface area is 275 Å². The lowest BCUT2D eigenvalue weighted by Crippen LogP contribution is -2.70. The average Bonchev–Trinajstić information content (AvgIpc) is 3.34. The SMILES string of the molecule is CCCCOC(=O)NCc1cccc(CC(=O)NC2C(=O)N3C(C(=O)O)=C(CSc4ccc5nn(CC(=O)O)c(=O)n5n4)CS[C@H]23)c1. The number of hydrogen-bond acceptors (Lipinski definition) is 11. The summed E-state index contributed by atoms with van der Waals surface area (Å²) in [5, 5.41) is 32.3. The van der Waals surface area contributed by atoms with Gasteiger partial charge < -0.3 is 25.6 Å². The number of unbranched alkanes of at least 4 members (excludes halogenated alkanes) is 1. The molecule has 0 spiro atoms. The van der Waals surface area contributed by atoms with Crippen LogP contribution in [-0.2, 0) is 43.4 Å². The highest BCUT2D eigenvalue weighted by molar-refractivity contribution is 8.01. The Morgan fingerprint density at radius 3 is 2.64 bits per heavy atom. The number of hydrogen-bond donors (Lipinski definition) is 4. The Kier molecular flexibility index (Phi) is 10.5. The molecule has 1 saturated heterocycles. The zero-order chi connectivity index (χ0) is 33.7. The van der Waals surface area contributed by atoms with Crippen molar-refractivity contribution in [3.8, 4) is 0 Å². The van der Waals surface area contributed by atoms with E-state index in [0.717, 1.165) is 39.4 Å². The van der Waals surface area contributed by atoms with Crippen LogP contribution in [0, 0.1) is 0 Å². The average molecular weight is 686 g/mol. The van der Waals surface area contributed by atoms with Crippen LogP contribution in [0.5, 0.6) is 0 Å². The lowest BCUT2D eigenvalue weighted by atomic mass is 10.0. The minimum atomic E-state index is -1.28. The number of β-lactam (4-membered cyclic amide) rings is 1. The number of amides is 3. The van der Waals surface area contributed by atoms with Crippen molar-refractivity contribution in [1.29, 1.82) is 0 Å². The largest absolute Gasteiger partial charge is 0.480 e. The number of carbonyl (C=O) groups is 5. The van der Waals surface area contributed by atoms with Gasteiger partial charge in [0, 0.05) is 18.1 Å². The van der Waals surface area contributed by atoms with Crippen molar-refractivity contribution in [3.63, 3.8) is 0 Å². The van der Waals surface area contributed by atoms with Gasteiger partial charge in [-0.2, -0.15) is 14.3 Å². The van der Waals surface area contributed by atoms with Gasteiger partial charge in [0.15, 0.2) is 5.65 Å². The number of fused-ring (bicyclic) bond motifs is 2. The molecule has 4 N–H and O–H groups in total. The minimum Gasteiger partial charge on any atom is -0.480 e. The first-order chi connectivity index (χ1) is 22.5. The summed E-state index contributed by atoms with van der Waals surface area (Å²) >= 11 is 2.48. The number of nitrogens with zero attached hydrogens (tertiary/aromatic N) is 5. The van der Waals surface area contributed by atoms with E-state index in [1.165, 1.54) is 22.7 Å². The molecule has 16 nitrogen and oxygen atoms in total. The molecule has 18 heteroatoms. The molecule has 3 aromatic rings. The molecular formula is C29H31N7O9S2. The summed E-state index contributed by atoms with van der Waals surface area (Å²) in [7, 11) is 0. The smallest absolute Gasteiger partial charge is 0.407 e. The molecule has 2 aromatic heterocycles. The van der Waals surface area contributed by atoms with Crippen LogP contribution in [-0.4, -0.2) is 93.9 Å². The van der Waals surface area contributed by atoms with Gasteiger partial charge in [0.2, 0.25) is 5.91 Å². The van der Waals surface area contributed by atoms with Crippen LogP contribution in [0.15, 0.2) is 57.5 Å². The minimum absolute atomic E-state index is 0.0187. The van der Waals surface area contributed by atoms with Gasteiger partial charge in [-0.15, -0.1) is 28.6 Å². The Hall–Kier alpha value is -4.84. The summed E-state index contributed by atoms with van der Waals surface area (Å²) in [4.78, 5) is 74.7. The number of aliphatic carboxylic acids is 2. The number of nitrogens with one attached hydrogen (secondary N) is 2. The topological polar surface area (TPSA) is 215 Å². The number of thioether (sulfide) groups is 2. The highest BCUT2D eigenvalue weighted by Crippen LogP contribution is 2.41. The van der Waals surface area contributed by atoms with Crippen LogP contribution in [0.1, 0.15) is 30.9 Å². The molecule has 3 amide bonds. The van der Waals surface area contributed by atoms with Crippen molar-refractivity contribution in [2.45, 2.75) is 55.7 Å². The van der Waals surface area contributed by atoms with E-state index in [4.69, 9.17) is 9.84 Å². The molecule has 47 heavy (non-hydrogen) atoms. The van der Waals surface area contributed by atoms with E-state index in [1.54, 1.807) is 30.3 Å². The molecule has 1 unspecified atom stereocenters. The van der Waals surface area contributed by atoms with E-state index < -0.39 is 53.5 Å². The van der Waals surface area contributed by atoms with Crippen LogP contribution >= 0.6 is 23.5 Å². The van der Waals surface area contributed by atoms with E-state index in [-0.39, 0.29) is 35.8 Å². The van der Waals surface area contributed by atoms with Crippen LogP contribution < -0.4 is 16.3 Å². The first kappa shape index (κ1) is 33.5. The molecule has 0 bridgehead atoms. The van der Waals surface area contributed by atoms with E-state index >= 15 is 0 Å². The first-order valence-electron chi connectivity index (χ1n) is 14.5. The zero-order valence-electron chi connectivity index (χ0n) is 25.1. The number of rotatable bonds is 14. The van der Waals surface area contributed by atoms with Gasteiger partial charge in [-0.3, -0.25) is 19.3 Å². The van der Waals surface area contributed by atoms with Crippen LogP contribution in [0.2, 0.25) is 0 Å². The van der Waals surface area contributed by atoms with Gasteiger partial charge in [0.25, 0.3) is 5.91 Å². The molecule has 2 atom stereocenters. The van der Waals surface area contributed by atoms with Gasteiger partial charge in [0.1, 0.15) is 28.7 Å². The second-order valence-electron chi connectivity index (χ2n) is 10.6. The predicted octanol–water partition coefficient (Wildman–Crippen LogP) is 1.08. The molecule has 5 rings (SSSR count). The molecule has 2 aliphatic heterocycles. The van der Waals surface area contributed by atoms with Crippen LogP contribution in [0.4, 0.5) is 4.79 Å². The number of carboxylic acids is 2. The summed E-state index contributed by atoms with van der Waals surface area (Å²) in [6.07, 6.45) is 1.15. The maximum atomic E-state index is 13.1. The fourth-order valence-corrected chi connectivity index (χ4v) is 7.29. The maximum Gasteiger partial charge on any atom is 0.407 e. The van der Waals surface area contributed by atoms with Gasteiger partial charge in [-0.1, -0.05) is 37.6 Å². The lowest BCUT2D eigenvalue weighted by molar-refractivity contribution is -0.150. The molecule has 4 heterocycles. The number of carboxylic acid groups (broad SMARTS) is 2. The quantitative estimate of drug-likeness (QED) is 0.106. The standard InChI is InChI=1S/C29H31N7O9S2/c1-2-3-9-45-28(43)30-12-17-6-4-5-16(10-17)11-20(37)31-23-25(40)35-24(27(41)42)18(15-47-26(23)35)14-46-21-8-7-19-32-34(13-22(38)39)29(44)36(19)33-21/h4-8,10,23,26H,2-3,9,11-15H2,1H3,(H,30,43)(H,31,37)(H,38,39)(H,41,42)/t23?,26-/m1/s1. The Balaban J connectivity index is 1.18. The van der Waals surface area contributed by atoms with E-state index in [0.29, 0.717) is 22.8 Å². The molecule has 1 fully saturated rings. The Bertz CT molecular complexity index is 1820. The molecule has 0 saturated carbocycles. The summed E-state index contributed by atoms with van der Waals surface area (Å²) in [5.74, 6) is -3.01. The zero-order valence-corrected chi connectivity index (χ0v) is 26.7. The van der Waals surface area contributed by atoms with Gasteiger partial charge in [-0.25, -0.2) is 14.4 Å². The number of benzene rings is 1. The highest BCUT2D eigenvalue weighted by atomic mass is 32.2. The summed E-state index contributed by atoms with van der Waals surface area (Å²) in [6, 6.07) is 9.28. The summed E-state index contributed by atoms with van der Waals surface area (Å²) < 4.78 is 6.82. The van der Waals surface area contributed by atoms with Crippen molar-refractivity contribution >= 4 is 59.0 Å². The second kappa shape index (κ2) is 14.7. The van der Waals surface area contributed by atoms with Crippen molar-refractivity contribution < 1.29 is 38.9 Å². The molecule has 248 valence electrons. The van der Waals surface area contributed by atoms with Crippen molar-refractivity contribution in [3.05, 3.63) is 69.3 Å². The fraction of sp³-hybridized carbons (Fsp3) is 0.379. The lowest BCUT2D eigenvalue weighted by Gasteiger charge is -2.49. The Morgan fingerprint density at radius 1 is 1.11 bits per heavy atom. The number of carbonyl (C=O) groups excluding carboxylic acids is 3. The fourth-order valence-electron chi connectivity index (χ4n) is 4.95. The Morgan fingerprint density at radius 2 is 1.89 bits per heavy atom. The molecule has 1 aromatic carbocycles. The second-order valence-corrected chi connectivity index (χ2v) is 12.7. The molecule has 2 aliphatic rings. The predicted molar refractivity (Wildman–Crippen MR) is 169 cm³/mol. The van der Waals surface area contributed by atoms with E-state index in [9.17, 15) is 33.9 Å². The third-order valence-corrected chi connectivity index (χ3v) is 9.53. The van der Waals surface area contributed by atoms with Gasteiger partial charge >= 0.3 is 23.7 Å². The highest BCUT2D eigenvalue weighted by Gasteiger charge is 2.54. The van der Waals surface area contributed by atoms with E-state index in [1.807, 2.05) is 6.92 Å². The third-order valence-electron chi connectivity index (χ3n) is 7.19. The van der Waals surface area contributed by atoms with Crippen molar-refractivity contribution in [1.82, 2.24) is 34.9 Å². The maximum absolute atomic E-state index is 13.1. The van der Waals surface area contributed by atoms with Crippen LogP contribution in [0.25, 0.3) is 5.65 Å². The first-order valence-corrected chi connectivity index (χ1v) is 16.6. The molecular weight excluding hydrogens is 654 g/mol. The van der Waals surface area contributed by atoms with E-state index in [2.05, 4.69) is 20.8 Å². The number of ether oxygens (including phenoxy) is 1.